The van der Waals surface area contributed by atoms with Crippen LogP contribution in [0.4, 0.5) is 0 Å². The van der Waals surface area contributed by atoms with Crippen LogP contribution in [0.2, 0.25) is 0 Å². The lowest BCUT2D eigenvalue weighted by Gasteiger charge is -2.11. The average Bonchev–Trinajstić information content (AvgIpc) is 3.70. The molecule has 0 saturated carbocycles. The molecule has 230 valence electrons. The standard InChI is InChI=1S/C41H25N7O/c49-39-30-16-8-10-18-34(30)48-36-24-28(19-21-32(36)42-40(48)46-39)27-20-22-35-31(23-27)29-15-7-9-17-33(29)47(35)41-44-37(25-11-3-1-4-12-25)43-38(45-41)26-13-5-2-6-14-26/h1-24H,(H,42,46,49). The Labute approximate surface area is 278 Å². The molecule has 0 atom stereocenters. The van der Waals surface area contributed by atoms with Crippen molar-refractivity contribution < 1.29 is 0 Å². The number of para-hydroxylation sites is 2. The van der Waals surface area contributed by atoms with Crippen LogP contribution < -0.4 is 5.56 Å². The fraction of sp³-hybridized carbons (Fsp3) is 0. The summed E-state index contributed by atoms with van der Waals surface area (Å²) in [5.74, 6) is 2.31. The van der Waals surface area contributed by atoms with Crippen LogP contribution in [0.15, 0.2) is 150 Å². The number of aromatic amines is 1. The molecule has 49 heavy (non-hydrogen) atoms. The Morgan fingerprint density at radius 2 is 1.04 bits per heavy atom. The van der Waals surface area contributed by atoms with Crippen molar-refractivity contribution in [3.8, 4) is 39.9 Å². The molecule has 10 aromatic rings. The minimum Gasteiger partial charge on any atom is -0.323 e. The maximum absolute atomic E-state index is 12.7. The average molecular weight is 632 g/mol. The number of H-pyrrole nitrogens is 1. The summed E-state index contributed by atoms with van der Waals surface area (Å²) in [5.41, 5.74) is 8.40. The highest BCUT2D eigenvalue weighted by Crippen LogP contribution is 2.36. The summed E-state index contributed by atoms with van der Waals surface area (Å²) in [6, 6.07) is 48.8. The van der Waals surface area contributed by atoms with Crippen molar-refractivity contribution in [3.63, 3.8) is 0 Å². The molecule has 0 saturated heterocycles. The summed E-state index contributed by atoms with van der Waals surface area (Å²) in [6.07, 6.45) is 0. The van der Waals surface area contributed by atoms with Crippen LogP contribution in [0, 0.1) is 0 Å². The lowest BCUT2D eigenvalue weighted by molar-refractivity contribution is 0.953. The molecule has 8 heteroatoms. The van der Waals surface area contributed by atoms with E-state index in [-0.39, 0.29) is 5.56 Å². The molecular weight excluding hydrogens is 606 g/mol. The third-order valence-corrected chi connectivity index (χ3v) is 9.17. The fourth-order valence-corrected chi connectivity index (χ4v) is 6.89. The lowest BCUT2D eigenvalue weighted by atomic mass is 10.0. The maximum atomic E-state index is 12.7. The van der Waals surface area contributed by atoms with E-state index in [1.54, 1.807) is 0 Å². The molecule has 4 aromatic heterocycles. The minimum absolute atomic E-state index is 0.242. The van der Waals surface area contributed by atoms with Gasteiger partial charge >= 0.3 is 0 Å². The number of nitrogens with zero attached hydrogens (tertiary/aromatic N) is 6. The monoisotopic (exact) mass is 631 g/mol. The summed E-state index contributed by atoms with van der Waals surface area (Å²) in [7, 11) is 0. The molecule has 0 fully saturated rings. The molecule has 8 nitrogen and oxygen atoms in total. The van der Waals surface area contributed by atoms with Crippen LogP contribution in [-0.2, 0) is 0 Å². The first-order chi connectivity index (χ1) is 24.2. The quantitative estimate of drug-likeness (QED) is 0.210. The zero-order valence-electron chi connectivity index (χ0n) is 25.9. The second-order valence-corrected chi connectivity index (χ2v) is 12.0. The number of imidazole rings is 1. The van der Waals surface area contributed by atoms with Crippen LogP contribution in [0.3, 0.4) is 0 Å². The van der Waals surface area contributed by atoms with Gasteiger partial charge in [-0.05, 0) is 53.6 Å². The Bertz CT molecular complexity index is 2900. The number of rotatable bonds is 4. The number of fused-ring (bicyclic) bond motifs is 8. The lowest BCUT2D eigenvalue weighted by Crippen LogP contribution is -2.09. The van der Waals surface area contributed by atoms with E-state index in [2.05, 4.69) is 63.1 Å². The van der Waals surface area contributed by atoms with Crippen LogP contribution in [0.1, 0.15) is 0 Å². The first-order valence-electron chi connectivity index (χ1n) is 16.0. The van der Waals surface area contributed by atoms with Gasteiger partial charge in [-0.25, -0.2) is 4.98 Å². The van der Waals surface area contributed by atoms with Gasteiger partial charge in [0.25, 0.3) is 5.56 Å². The van der Waals surface area contributed by atoms with Crippen LogP contribution >= 0.6 is 0 Å². The Morgan fingerprint density at radius 1 is 0.449 bits per heavy atom. The fourth-order valence-electron chi connectivity index (χ4n) is 6.89. The predicted octanol–water partition coefficient (Wildman–Crippen LogP) is 8.61. The van der Waals surface area contributed by atoms with Gasteiger partial charge in [0.05, 0.1) is 33.0 Å². The molecular formula is C41H25N7O. The molecule has 0 spiro atoms. The smallest absolute Gasteiger partial charge is 0.282 e. The van der Waals surface area contributed by atoms with Gasteiger partial charge in [0, 0.05) is 21.9 Å². The van der Waals surface area contributed by atoms with Crippen LogP contribution in [0.5, 0.6) is 0 Å². The molecule has 6 aromatic carbocycles. The minimum atomic E-state index is -0.242. The molecule has 0 radical (unpaired) electrons. The summed E-state index contributed by atoms with van der Waals surface area (Å²) >= 11 is 0. The topological polar surface area (TPSA) is 93.8 Å². The Kier molecular flexibility index (Phi) is 5.86. The number of benzene rings is 6. The maximum Gasteiger partial charge on any atom is 0.282 e. The Morgan fingerprint density at radius 3 is 1.78 bits per heavy atom. The first kappa shape index (κ1) is 27.2. The second kappa shape index (κ2) is 10.5. The van der Waals surface area contributed by atoms with Crippen molar-refractivity contribution in [2.45, 2.75) is 0 Å². The van der Waals surface area contributed by atoms with E-state index in [1.165, 1.54) is 0 Å². The summed E-state index contributed by atoms with van der Waals surface area (Å²) < 4.78 is 4.15. The highest BCUT2D eigenvalue weighted by Gasteiger charge is 2.19. The van der Waals surface area contributed by atoms with Gasteiger partial charge in [-0.2, -0.15) is 15.0 Å². The highest BCUT2D eigenvalue weighted by molar-refractivity contribution is 6.10. The van der Waals surface area contributed by atoms with E-state index in [0.717, 1.165) is 60.6 Å². The van der Waals surface area contributed by atoms with Crippen LogP contribution in [0.25, 0.3) is 89.4 Å². The van der Waals surface area contributed by atoms with E-state index in [0.29, 0.717) is 28.8 Å². The van der Waals surface area contributed by atoms with E-state index in [1.807, 2.05) is 101 Å². The van der Waals surface area contributed by atoms with E-state index >= 15 is 0 Å². The van der Waals surface area contributed by atoms with Gasteiger partial charge in [-0.15, -0.1) is 0 Å². The molecule has 0 aliphatic carbocycles. The van der Waals surface area contributed by atoms with Crippen molar-refractivity contribution in [3.05, 3.63) is 156 Å². The van der Waals surface area contributed by atoms with Gasteiger partial charge < -0.3 is 4.98 Å². The molecule has 0 bridgehead atoms. The summed E-state index contributed by atoms with van der Waals surface area (Å²) in [4.78, 5) is 35.4. The molecule has 1 N–H and O–H groups in total. The van der Waals surface area contributed by atoms with Gasteiger partial charge in [0.15, 0.2) is 11.6 Å². The Hall–Kier alpha value is -6.93. The molecule has 0 aliphatic heterocycles. The summed E-state index contributed by atoms with van der Waals surface area (Å²) in [5, 5.41) is 2.78. The highest BCUT2D eigenvalue weighted by atomic mass is 16.1. The SMILES string of the molecule is O=c1nc2[nH]c3ccc(-c4ccc5c(c4)c4ccccc4n5-c4nc(-c5ccccc5)nc(-c5ccccc5)n4)cc3n2c2ccccc12. The normalized spacial score (nSPS) is 11.8. The largest absolute Gasteiger partial charge is 0.323 e. The molecule has 0 aliphatic rings. The van der Waals surface area contributed by atoms with Crippen molar-refractivity contribution in [1.29, 1.82) is 0 Å². The number of nitrogens with one attached hydrogen (secondary N) is 1. The van der Waals surface area contributed by atoms with E-state index < -0.39 is 0 Å². The molecule has 0 unspecified atom stereocenters. The third kappa shape index (κ3) is 4.28. The van der Waals surface area contributed by atoms with Crippen molar-refractivity contribution >= 4 is 49.5 Å². The molecule has 0 amide bonds. The molecule has 4 heterocycles. The number of hydrogen-bond acceptors (Lipinski definition) is 5. The molecule has 10 rings (SSSR count). The van der Waals surface area contributed by atoms with Crippen molar-refractivity contribution in [1.82, 2.24) is 33.9 Å². The van der Waals surface area contributed by atoms with Gasteiger partial charge in [-0.1, -0.05) is 103 Å². The van der Waals surface area contributed by atoms with Gasteiger partial charge in [-0.3, -0.25) is 13.8 Å². The first-order valence-corrected chi connectivity index (χ1v) is 16.0. The van der Waals surface area contributed by atoms with Crippen LogP contribution in [-0.4, -0.2) is 33.9 Å². The zero-order valence-corrected chi connectivity index (χ0v) is 25.9. The van der Waals surface area contributed by atoms with Crippen molar-refractivity contribution in [2.24, 2.45) is 0 Å². The van der Waals surface area contributed by atoms with Gasteiger partial charge in [0.2, 0.25) is 11.7 Å². The number of hydrogen-bond donors (Lipinski definition) is 1. The second-order valence-electron chi connectivity index (χ2n) is 12.0. The zero-order chi connectivity index (χ0) is 32.5. The third-order valence-electron chi connectivity index (χ3n) is 9.17. The van der Waals surface area contributed by atoms with E-state index in [9.17, 15) is 4.79 Å². The Balaban J connectivity index is 1.19. The number of aromatic nitrogens is 7. The van der Waals surface area contributed by atoms with E-state index in [4.69, 9.17) is 15.0 Å². The summed E-state index contributed by atoms with van der Waals surface area (Å²) in [6.45, 7) is 0. The van der Waals surface area contributed by atoms with Gasteiger partial charge in [0.1, 0.15) is 0 Å². The van der Waals surface area contributed by atoms with Crippen molar-refractivity contribution in [2.75, 3.05) is 0 Å². The predicted molar refractivity (Wildman–Crippen MR) is 195 cm³/mol.